The van der Waals surface area contributed by atoms with Crippen molar-refractivity contribution in [2.24, 2.45) is 0 Å². The van der Waals surface area contributed by atoms with Crippen LogP contribution in [0.2, 0.25) is 0 Å². The summed E-state index contributed by atoms with van der Waals surface area (Å²) in [4.78, 5) is 2.13. The average Bonchev–Trinajstić information content (AvgIpc) is 2.29. The molecule has 1 heterocycles. The lowest BCUT2D eigenvalue weighted by Crippen LogP contribution is -2.40. The maximum absolute atomic E-state index is 12.9. The van der Waals surface area contributed by atoms with Crippen molar-refractivity contribution in [3.05, 3.63) is 35.9 Å². The molecule has 1 aromatic rings. The van der Waals surface area contributed by atoms with E-state index in [1.807, 2.05) is 18.2 Å². The number of nitrogens with zero attached hydrogens (tertiary/aromatic N) is 1. The summed E-state index contributed by atoms with van der Waals surface area (Å²) in [5.41, 5.74) is 1.28. The van der Waals surface area contributed by atoms with Gasteiger partial charge in [0.1, 0.15) is 0 Å². The highest BCUT2D eigenvalue weighted by Crippen LogP contribution is 2.27. The maximum atomic E-state index is 12.9. The van der Waals surface area contributed by atoms with Crippen LogP contribution in [0.1, 0.15) is 18.4 Å². The van der Waals surface area contributed by atoms with Crippen molar-refractivity contribution in [1.82, 2.24) is 4.90 Å². The number of benzene rings is 1. The quantitative estimate of drug-likeness (QED) is 0.764. The Morgan fingerprint density at radius 3 is 2.31 bits per heavy atom. The Morgan fingerprint density at radius 2 is 1.69 bits per heavy atom. The van der Waals surface area contributed by atoms with Gasteiger partial charge in [-0.05, 0) is 12.0 Å². The normalized spacial score (nSPS) is 20.9. The molecule has 0 radical (unpaired) electrons. The van der Waals surface area contributed by atoms with Crippen LogP contribution >= 0.6 is 0 Å². The maximum Gasteiger partial charge on any atom is 0.250 e. The molecule has 0 atom stereocenters. The van der Waals surface area contributed by atoms with Crippen LogP contribution in [0, 0.1) is 0 Å². The lowest BCUT2D eigenvalue weighted by atomic mass is 10.1. The van der Waals surface area contributed by atoms with Crippen molar-refractivity contribution < 1.29 is 8.78 Å². The zero-order valence-corrected chi connectivity index (χ0v) is 9.33. The minimum atomic E-state index is -2.43. The van der Waals surface area contributed by atoms with E-state index in [9.17, 15) is 8.78 Å². The summed E-state index contributed by atoms with van der Waals surface area (Å²) in [5.74, 6) is -2.43. The number of alkyl halides is 2. The number of piperidine rings is 1. The summed E-state index contributed by atoms with van der Waals surface area (Å²) in [6.45, 7) is 1.94. The first kappa shape index (κ1) is 11.5. The number of hydrogen-bond donors (Lipinski definition) is 0. The van der Waals surface area contributed by atoms with Gasteiger partial charge < -0.3 is 4.90 Å². The van der Waals surface area contributed by atoms with Gasteiger partial charge in [0.15, 0.2) is 0 Å². The van der Waals surface area contributed by atoms with Crippen molar-refractivity contribution in [3.63, 3.8) is 0 Å². The van der Waals surface area contributed by atoms with Crippen molar-refractivity contribution in [2.75, 3.05) is 19.6 Å². The summed E-state index contributed by atoms with van der Waals surface area (Å²) in [6, 6.07) is 10.2. The number of likely N-dealkylation sites (tertiary alicyclic amines) is 1. The summed E-state index contributed by atoms with van der Waals surface area (Å²) < 4.78 is 25.8. The molecular formula is C13H17F2N. The molecule has 1 aliphatic heterocycles. The summed E-state index contributed by atoms with van der Waals surface area (Å²) in [5, 5.41) is 0. The van der Waals surface area contributed by atoms with E-state index in [2.05, 4.69) is 17.0 Å². The van der Waals surface area contributed by atoms with Crippen LogP contribution in [-0.2, 0) is 6.42 Å². The molecule has 0 spiro atoms. The number of halogens is 2. The summed E-state index contributed by atoms with van der Waals surface area (Å²) in [7, 11) is 0. The fraction of sp³-hybridized carbons (Fsp3) is 0.538. The smallest absolute Gasteiger partial charge is 0.250 e. The van der Waals surface area contributed by atoms with Gasteiger partial charge >= 0.3 is 0 Å². The van der Waals surface area contributed by atoms with Crippen molar-refractivity contribution >= 4 is 0 Å². The van der Waals surface area contributed by atoms with E-state index in [1.165, 1.54) is 5.56 Å². The van der Waals surface area contributed by atoms with Crippen LogP contribution in [0.4, 0.5) is 8.78 Å². The summed E-state index contributed by atoms with van der Waals surface area (Å²) in [6.07, 6.45) is 0.982. The van der Waals surface area contributed by atoms with Crippen LogP contribution in [0.15, 0.2) is 30.3 Å². The molecule has 0 N–H and O–H groups in total. The van der Waals surface area contributed by atoms with Crippen molar-refractivity contribution in [1.29, 1.82) is 0 Å². The highest BCUT2D eigenvalue weighted by molar-refractivity contribution is 5.14. The molecule has 0 aromatic heterocycles. The monoisotopic (exact) mass is 225 g/mol. The molecule has 0 bridgehead atoms. The van der Waals surface area contributed by atoms with Crippen molar-refractivity contribution in [3.8, 4) is 0 Å². The molecule has 0 amide bonds. The van der Waals surface area contributed by atoms with Crippen LogP contribution in [0.5, 0.6) is 0 Å². The molecule has 1 fully saturated rings. The van der Waals surface area contributed by atoms with Gasteiger partial charge in [-0.15, -0.1) is 0 Å². The third kappa shape index (κ3) is 3.27. The Morgan fingerprint density at radius 1 is 1.06 bits per heavy atom. The zero-order valence-electron chi connectivity index (χ0n) is 9.33. The van der Waals surface area contributed by atoms with E-state index in [-0.39, 0.29) is 12.8 Å². The van der Waals surface area contributed by atoms with Crippen LogP contribution in [-0.4, -0.2) is 30.5 Å². The second-order valence-corrected chi connectivity index (χ2v) is 4.43. The number of rotatable bonds is 3. The fourth-order valence-corrected chi connectivity index (χ4v) is 2.04. The molecule has 0 unspecified atom stereocenters. The predicted molar refractivity (Wildman–Crippen MR) is 60.8 cm³/mol. The predicted octanol–water partition coefficient (Wildman–Crippen LogP) is 2.96. The van der Waals surface area contributed by atoms with Crippen molar-refractivity contribution in [2.45, 2.75) is 25.2 Å². The molecule has 16 heavy (non-hydrogen) atoms. The van der Waals surface area contributed by atoms with E-state index in [0.29, 0.717) is 13.1 Å². The van der Waals surface area contributed by atoms with Gasteiger partial charge in [-0.1, -0.05) is 30.3 Å². The highest BCUT2D eigenvalue weighted by atomic mass is 19.3. The topological polar surface area (TPSA) is 3.24 Å². The molecule has 0 aliphatic carbocycles. The minimum absolute atomic E-state index is 0.0157. The van der Waals surface area contributed by atoms with E-state index in [1.54, 1.807) is 0 Å². The molecule has 3 heteroatoms. The molecule has 88 valence electrons. The van der Waals surface area contributed by atoms with E-state index < -0.39 is 5.92 Å². The lowest BCUT2D eigenvalue weighted by molar-refractivity contribution is -0.0548. The Kier molecular flexibility index (Phi) is 3.54. The first-order chi connectivity index (χ1) is 7.66. The molecule has 1 nitrogen and oxygen atoms in total. The molecule has 0 saturated carbocycles. The van der Waals surface area contributed by atoms with Crippen LogP contribution in [0.25, 0.3) is 0 Å². The highest BCUT2D eigenvalue weighted by Gasteiger charge is 2.33. The van der Waals surface area contributed by atoms with Crippen LogP contribution in [0.3, 0.4) is 0 Å². The standard InChI is InChI=1S/C13H17F2N/c14-13(15)7-10-16(11-8-13)9-6-12-4-2-1-3-5-12/h1-5H,6-11H2. The van der Waals surface area contributed by atoms with Gasteiger partial charge in [0.05, 0.1) is 0 Å². The molecule has 2 rings (SSSR count). The minimum Gasteiger partial charge on any atom is -0.303 e. The number of hydrogen-bond acceptors (Lipinski definition) is 1. The first-order valence-corrected chi connectivity index (χ1v) is 5.80. The fourth-order valence-electron chi connectivity index (χ4n) is 2.04. The van der Waals surface area contributed by atoms with Crippen LogP contribution < -0.4 is 0 Å². The van der Waals surface area contributed by atoms with Gasteiger partial charge in [-0.3, -0.25) is 0 Å². The van der Waals surface area contributed by atoms with Gasteiger partial charge in [0.25, 0.3) is 5.92 Å². The van der Waals surface area contributed by atoms with Gasteiger partial charge in [-0.2, -0.15) is 0 Å². The van der Waals surface area contributed by atoms with E-state index in [0.717, 1.165) is 13.0 Å². The van der Waals surface area contributed by atoms with Gasteiger partial charge in [0, 0.05) is 32.5 Å². The Labute approximate surface area is 95.1 Å². The zero-order chi connectivity index (χ0) is 11.4. The molecule has 1 aliphatic rings. The van der Waals surface area contributed by atoms with Gasteiger partial charge in [-0.25, -0.2) is 8.78 Å². The third-order valence-corrected chi connectivity index (χ3v) is 3.15. The second kappa shape index (κ2) is 4.91. The van der Waals surface area contributed by atoms with E-state index >= 15 is 0 Å². The largest absolute Gasteiger partial charge is 0.303 e. The molecule has 1 aromatic carbocycles. The molecular weight excluding hydrogens is 208 g/mol. The second-order valence-electron chi connectivity index (χ2n) is 4.43. The first-order valence-electron chi connectivity index (χ1n) is 5.80. The Hall–Kier alpha value is -0.960. The molecule has 1 saturated heterocycles. The Balaban J connectivity index is 1.76. The lowest BCUT2D eigenvalue weighted by Gasteiger charge is -2.31. The Bertz CT molecular complexity index is 314. The summed E-state index contributed by atoms with van der Waals surface area (Å²) >= 11 is 0. The SMILES string of the molecule is FC1(F)CCN(CCc2ccccc2)CC1. The third-order valence-electron chi connectivity index (χ3n) is 3.15. The van der Waals surface area contributed by atoms with Gasteiger partial charge in [0.2, 0.25) is 0 Å². The van der Waals surface area contributed by atoms with E-state index in [4.69, 9.17) is 0 Å². The average molecular weight is 225 g/mol.